The molecule has 2 aromatic heterocycles. The van der Waals surface area contributed by atoms with Gasteiger partial charge in [0.25, 0.3) is 0 Å². The van der Waals surface area contributed by atoms with Crippen LogP contribution in [0.1, 0.15) is 5.82 Å². The third-order valence-electron chi connectivity index (χ3n) is 2.95. The summed E-state index contributed by atoms with van der Waals surface area (Å²) in [5, 5.41) is 0. The third kappa shape index (κ3) is 2.39. The van der Waals surface area contributed by atoms with E-state index in [4.69, 9.17) is 5.73 Å². The Morgan fingerprint density at radius 2 is 1.82 bits per heavy atom. The number of fused-ring (bicyclic) bond motifs is 1. The monoisotopic (exact) mass is 314 g/mol. The molecule has 0 radical (unpaired) electrons. The lowest BCUT2D eigenvalue weighted by Gasteiger charge is -2.03. The van der Waals surface area contributed by atoms with Gasteiger partial charge >= 0.3 is 10.3 Å². The highest BCUT2D eigenvalue weighted by Gasteiger charge is 2.20. The molecule has 0 spiro atoms. The fraction of sp³-hybridized carbons (Fsp3) is 0. The van der Waals surface area contributed by atoms with Gasteiger partial charge in [0, 0.05) is 11.6 Å². The second-order valence-electron chi connectivity index (χ2n) is 4.35. The van der Waals surface area contributed by atoms with E-state index in [2.05, 4.69) is 21.9 Å². The molecule has 0 aliphatic rings. The fourth-order valence-corrected chi connectivity index (χ4v) is 2.73. The first-order valence-corrected chi connectivity index (χ1v) is 7.55. The van der Waals surface area contributed by atoms with Gasteiger partial charge in [-0.25, -0.2) is 9.97 Å². The molecule has 0 unspecified atom stereocenters. The van der Waals surface area contributed by atoms with E-state index in [1.54, 1.807) is 12.1 Å². The topological polar surface area (TPSA) is 111 Å². The zero-order valence-corrected chi connectivity index (χ0v) is 11.9. The summed E-state index contributed by atoms with van der Waals surface area (Å²) >= 11 is 0. The highest BCUT2D eigenvalue weighted by atomic mass is 32.2. The molecule has 0 fully saturated rings. The van der Waals surface area contributed by atoms with Gasteiger partial charge in [0.1, 0.15) is 5.52 Å². The van der Waals surface area contributed by atoms with Gasteiger partial charge in [0.15, 0.2) is 5.65 Å². The molecule has 3 N–H and O–H groups in total. The van der Waals surface area contributed by atoms with Gasteiger partial charge in [-0.15, -0.1) is 0 Å². The number of hydrogen-bond acceptors (Lipinski definition) is 5. The van der Waals surface area contributed by atoms with E-state index in [1.807, 2.05) is 30.3 Å². The van der Waals surface area contributed by atoms with Crippen LogP contribution in [-0.2, 0) is 10.3 Å². The maximum Gasteiger partial charge on any atom is 0.367 e. The SMILES string of the molecule is NC#Cc1nc2ccc(-c3ccccc3)nc2n1S(=O)(=O)O. The zero-order chi connectivity index (χ0) is 15.7. The molecule has 22 heavy (non-hydrogen) atoms. The van der Waals surface area contributed by atoms with E-state index in [9.17, 15) is 13.0 Å². The van der Waals surface area contributed by atoms with Crippen molar-refractivity contribution >= 4 is 21.5 Å². The minimum atomic E-state index is -4.60. The molecule has 0 atom stereocenters. The quantitative estimate of drug-likeness (QED) is 0.415. The summed E-state index contributed by atoms with van der Waals surface area (Å²) in [7, 11) is -4.60. The summed E-state index contributed by atoms with van der Waals surface area (Å²) in [5.74, 6) is 2.14. The maximum atomic E-state index is 11.6. The fourth-order valence-electron chi connectivity index (χ4n) is 2.07. The van der Waals surface area contributed by atoms with Crippen LogP contribution >= 0.6 is 0 Å². The average molecular weight is 314 g/mol. The number of pyridine rings is 1. The lowest BCUT2D eigenvalue weighted by atomic mass is 10.1. The van der Waals surface area contributed by atoms with Crippen LogP contribution < -0.4 is 5.73 Å². The number of nitrogens with zero attached hydrogens (tertiary/aromatic N) is 3. The van der Waals surface area contributed by atoms with E-state index in [1.165, 1.54) is 0 Å². The molecule has 7 nitrogen and oxygen atoms in total. The molecule has 3 rings (SSSR count). The molecular formula is C14H10N4O3S. The number of aromatic nitrogens is 3. The minimum absolute atomic E-state index is 0.0124. The normalized spacial score (nSPS) is 11.1. The van der Waals surface area contributed by atoms with Gasteiger partial charge in [-0.05, 0) is 18.1 Å². The Balaban J connectivity index is 2.34. The molecule has 3 aromatic rings. The van der Waals surface area contributed by atoms with Crippen LogP contribution in [-0.4, -0.2) is 26.9 Å². The molecule has 2 heterocycles. The van der Waals surface area contributed by atoms with Crippen molar-refractivity contribution in [3.8, 4) is 23.2 Å². The minimum Gasteiger partial charge on any atom is -0.359 e. The van der Waals surface area contributed by atoms with Crippen molar-refractivity contribution in [2.45, 2.75) is 0 Å². The summed E-state index contributed by atoms with van der Waals surface area (Å²) < 4.78 is 33.1. The second kappa shape index (κ2) is 5.14. The molecule has 0 aliphatic heterocycles. The maximum absolute atomic E-state index is 11.6. The van der Waals surface area contributed by atoms with Gasteiger partial charge < -0.3 is 5.73 Å². The second-order valence-corrected chi connectivity index (χ2v) is 5.61. The van der Waals surface area contributed by atoms with E-state index in [-0.39, 0.29) is 17.0 Å². The van der Waals surface area contributed by atoms with Crippen molar-refractivity contribution in [2.24, 2.45) is 5.73 Å². The van der Waals surface area contributed by atoms with Crippen molar-refractivity contribution < 1.29 is 13.0 Å². The smallest absolute Gasteiger partial charge is 0.359 e. The van der Waals surface area contributed by atoms with Crippen molar-refractivity contribution in [2.75, 3.05) is 0 Å². The van der Waals surface area contributed by atoms with Crippen LogP contribution in [0.2, 0.25) is 0 Å². The van der Waals surface area contributed by atoms with Crippen molar-refractivity contribution in [3.63, 3.8) is 0 Å². The molecular weight excluding hydrogens is 304 g/mol. The summed E-state index contributed by atoms with van der Waals surface area (Å²) in [6, 6.07) is 14.6. The molecule has 8 heteroatoms. The van der Waals surface area contributed by atoms with Gasteiger partial charge in [-0.1, -0.05) is 30.3 Å². The highest BCUT2D eigenvalue weighted by molar-refractivity contribution is 7.84. The average Bonchev–Trinajstić information content (AvgIpc) is 2.85. The lowest BCUT2D eigenvalue weighted by molar-refractivity contribution is 0.473. The summed E-state index contributed by atoms with van der Waals surface area (Å²) in [4.78, 5) is 8.28. The van der Waals surface area contributed by atoms with Gasteiger partial charge in [-0.2, -0.15) is 12.4 Å². The van der Waals surface area contributed by atoms with Crippen LogP contribution in [0.3, 0.4) is 0 Å². The zero-order valence-electron chi connectivity index (χ0n) is 11.1. The summed E-state index contributed by atoms with van der Waals surface area (Å²) in [6.07, 6.45) is 0. The predicted molar refractivity (Wildman–Crippen MR) is 81.0 cm³/mol. The van der Waals surface area contributed by atoms with E-state index in [0.29, 0.717) is 9.67 Å². The molecule has 1 aromatic carbocycles. The van der Waals surface area contributed by atoms with Crippen LogP contribution in [0.5, 0.6) is 0 Å². The molecule has 0 amide bonds. The number of nitrogens with two attached hydrogens (primary N) is 1. The van der Waals surface area contributed by atoms with Crippen molar-refractivity contribution in [1.29, 1.82) is 0 Å². The first-order chi connectivity index (χ1) is 10.5. The standard InChI is InChI=1S/C14H10N4O3S/c15-9-8-13-16-12-7-6-11(10-4-2-1-3-5-10)17-14(12)18(13)22(19,20)21/h1-7H,15H2,(H,19,20,21). The van der Waals surface area contributed by atoms with E-state index >= 15 is 0 Å². The first kappa shape index (κ1) is 14.1. The molecule has 110 valence electrons. The van der Waals surface area contributed by atoms with Crippen LogP contribution in [0.25, 0.3) is 22.4 Å². The van der Waals surface area contributed by atoms with E-state index in [0.717, 1.165) is 5.56 Å². The van der Waals surface area contributed by atoms with Crippen LogP contribution in [0.15, 0.2) is 42.5 Å². The van der Waals surface area contributed by atoms with Crippen LogP contribution in [0.4, 0.5) is 0 Å². The first-order valence-electron chi connectivity index (χ1n) is 6.15. The Labute approximate surface area is 126 Å². The Kier molecular flexibility index (Phi) is 3.29. The van der Waals surface area contributed by atoms with E-state index < -0.39 is 10.3 Å². The predicted octanol–water partition coefficient (Wildman–Crippen LogP) is 1.02. The Bertz CT molecular complexity index is 1010. The lowest BCUT2D eigenvalue weighted by Crippen LogP contribution is -2.13. The van der Waals surface area contributed by atoms with Gasteiger partial charge in [0.05, 0.1) is 5.69 Å². The number of benzene rings is 1. The van der Waals surface area contributed by atoms with Crippen molar-refractivity contribution in [3.05, 3.63) is 48.3 Å². The largest absolute Gasteiger partial charge is 0.367 e. The van der Waals surface area contributed by atoms with Crippen molar-refractivity contribution in [1.82, 2.24) is 13.9 Å². The van der Waals surface area contributed by atoms with Gasteiger partial charge in [0.2, 0.25) is 5.82 Å². The molecule has 0 saturated carbocycles. The number of imidazole rings is 1. The Morgan fingerprint density at radius 3 is 2.45 bits per heavy atom. The molecule has 0 bridgehead atoms. The number of rotatable bonds is 2. The Hall–Kier alpha value is -2.89. The molecule has 0 saturated heterocycles. The summed E-state index contributed by atoms with van der Waals surface area (Å²) in [6.45, 7) is 0. The van der Waals surface area contributed by atoms with Gasteiger partial charge in [-0.3, -0.25) is 4.55 Å². The summed E-state index contributed by atoms with van der Waals surface area (Å²) in [5.41, 5.74) is 6.73. The highest BCUT2D eigenvalue weighted by Crippen LogP contribution is 2.22. The Morgan fingerprint density at radius 1 is 1.09 bits per heavy atom. The third-order valence-corrected chi connectivity index (χ3v) is 3.76. The van der Waals surface area contributed by atoms with Crippen LogP contribution in [0, 0.1) is 12.0 Å². The number of hydrogen-bond donors (Lipinski definition) is 2. The molecule has 0 aliphatic carbocycles.